The average molecular weight is 252 g/mol. The smallest absolute Gasteiger partial charge is 0.0451 e. The van der Waals surface area contributed by atoms with Crippen LogP contribution in [0.15, 0.2) is 0 Å². The average Bonchev–Trinajstić information content (AvgIpc) is 2.33. The molecule has 0 atom stereocenters. The molecule has 15 heavy (non-hydrogen) atoms. The van der Waals surface area contributed by atoms with E-state index in [1.165, 1.54) is 32.1 Å². The van der Waals surface area contributed by atoms with Crippen molar-refractivity contribution < 1.29 is 0 Å². The van der Waals surface area contributed by atoms with Crippen molar-refractivity contribution in [3.05, 3.63) is 0 Å². The molecule has 0 unspecified atom stereocenters. The van der Waals surface area contributed by atoms with Gasteiger partial charge in [-0.3, -0.25) is 0 Å². The third kappa shape index (κ3) is 4.13. The Kier molecular flexibility index (Phi) is 6.33. The van der Waals surface area contributed by atoms with E-state index in [1.54, 1.807) is 0 Å². The Hall–Kier alpha value is 0.540. The third-order valence-corrected chi connectivity index (χ3v) is 4.70. The molecule has 0 bridgehead atoms. The van der Waals surface area contributed by atoms with Gasteiger partial charge < -0.3 is 5.32 Å². The Morgan fingerprint density at radius 1 is 1.13 bits per heavy atom. The molecule has 1 aliphatic rings. The Bertz CT molecular complexity index is 155. The molecule has 0 aromatic rings. The van der Waals surface area contributed by atoms with Crippen LogP contribution in [-0.4, -0.2) is 23.8 Å². The summed E-state index contributed by atoms with van der Waals surface area (Å²) in [4.78, 5) is 0. The number of hydrogen-bond donors (Lipinski definition) is 1. The number of hydrogen-bond acceptors (Lipinski definition) is 1. The van der Waals surface area contributed by atoms with E-state index in [1.807, 2.05) is 0 Å². The van der Waals surface area contributed by atoms with E-state index in [4.69, 9.17) is 23.2 Å². The first-order valence-corrected chi connectivity index (χ1v) is 7.20. The molecule has 1 rings (SSSR count). The van der Waals surface area contributed by atoms with Gasteiger partial charge in [0.1, 0.15) is 0 Å². The topological polar surface area (TPSA) is 12.0 Å². The van der Waals surface area contributed by atoms with E-state index in [0.29, 0.717) is 11.8 Å². The minimum atomic E-state index is -0.0411. The Morgan fingerprint density at radius 3 is 2.20 bits per heavy atom. The quantitative estimate of drug-likeness (QED) is 0.709. The predicted molar refractivity (Wildman–Crippen MR) is 69.0 cm³/mol. The van der Waals surface area contributed by atoms with E-state index in [2.05, 4.69) is 12.2 Å². The number of halogens is 2. The largest absolute Gasteiger partial charge is 0.309 e. The Labute approximate surface area is 104 Å². The molecular formula is C12H23Cl2N. The van der Waals surface area contributed by atoms with Gasteiger partial charge in [0.15, 0.2) is 0 Å². The SMILES string of the molecule is CCC(CCl)(CCl)NCC1CCCCC1. The highest BCUT2D eigenvalue weighted by Gasteiger charge is 2.26. The van der Waals surface area contributed by atoms with E-state index < -0.39 is 0 Å². The summed E-state index contributed by atoms with van der Waals surface area (Å²) < 4.78 is 0. The van der Waals surface area contributed by atoms with Crippen LogP contribution in [0.2, 0.25) is 0 Å². The van der Waals surface area contributed by atoms with Gasteiger partial charge in [0.2, 0.25) is 0 Å². The highest BCUT2D eigenvalue weighted by atomic mass is 35.5. The summed E-state index contributed by atoms with van der Waals surface area (Å²) in [5.41, 5.74) is -0.0411. The molecule has 1 saturated carbocycles. The zero-order chi connectivity index (χ0) is 11.1. The molecule has 0 amide bonds. The van der Waals surface area contributed by atoms with Crippen molar-refractivity contribution in [2.45, 2.75) is 51.0 Å². The van der Waals surface area contributed by atoms with Gasteiger partial charge in [-0.15, -0.1) is 23.2 Å². The lowest BCUT2D eigenvalue weighted by Gasteiger charge is -2.33. The molecule has 3 heteroatoms. The Morgan fingerprint density at radius 2 is 1.73 bits per heavy atom. The van der Waals surface area contributed by atoms with Crippen molar-refractivity contribution in [2.75, 3.05) is 18.3 Å². The maximum atomic E-state index is 6.00. The highest BCUT2D eigenvalue weighted by molar-refractivity contribution is 6.22. The molecule has 0 saturated heterocycles. The van der Waals surface area contributed by atoms with Crippen LogP contribution in [0.5, 0.6) is 0 Å². The number of alkyl halides is 2. The van der Waals surface area contributed by atoms with Crippen molar-refractivity contribution >= 4 is 23.2 Å². The first-order valence-electron chi connectivity index (χ1n) is 6.13. The second kappa shape index (κ2) is 6.98. The van der Waals surface area contributed by atoms with Crippen LogP contribution >= 0.6 is 23.2 Å². The fourth-order valence-electron chi connectivity index (χ4n) is 2.20. The Balaban J connectivity index is 2.31. The third-order valence-electron chi connectivity index (χ3n) is 3.68. The van der Waals surface area contributed by atoms with Crippen molar-refractivity contribution in [1.29, 1.82) is 0 Å². The van der Waals surface area contributed by atoms with Crippen molar-refractivity contribution in [2.24, 2.45) is 5.92 Å². The van der Waals surface area contributed by atoms with Gasteiger partial charge in [-0.05, 0) is 31.7 Å². The maximum absolute atomic E-state index is 6.00. The number of rotatable bonds is 6. The summed E-state index contributed by atoms with van der Waals surface area (Å²) in [6, 6.07) is 0. The molecule has 1 nitrogen and oxygen atoms in total. The van der Waals surface area contributed by atoms with E-state index in [0.717, 1.165) is 18.9 Å². The molecule has 0 aromatic heterocycles. The van der Waals surface area contributed by atoms with Crippen LogP contribution in [0.3, 0.4) is 0 Å². The monoisotopic (exact) mass is 251 g/mol. The second-order valence-electron chi connectivity index (χ2n) is 4.79. The van der Waals surface area contributed by atoms with Crippen molar-refractivity contribution in [3.8, 4) is 0 Å². The molecule has 1 aliphatic carbocycles. The zero-order valence-corrected chi connectivity index (χ0v) is 11.2. The van der Waals surface area contributed by atoms with Gasteiger partial charge >= 0.3 is 0 Å². The lowest BCUT2D eigenvalue weighted by Crippen LogP contribution is -2.50. The van der Waals surface area contributed by atoms with Crippen LogP contribution in [0.1, 0.15) is 45.4 Å². The first-order chi connectivity index (χ1) is 7.26. The number of nitrogens with one attached hydrogen (secondary N) is 1. The van der Waals surface area contributed by atoms with Crippen LogP contribution in [0.25, 0.3) is 0 Å². The van der Waals surface area contributed by atoms with Gasteiger partial charge in [0.25, 0.3) is 0 Å². The lowest BCUT2D eigenvalue weighted by atomic mass is 9.88. The summed E-state index contributed by atoms with van der Waals surface area (Å²) in [6.07, 6.45) is 7.96. The standard InChI is InChI=1S/C12H23Cl2N/c1-2-12(9-13,10-14)15-8-11-6-4-3-5-7-11/h11,15H,2-10H2,1H3. The van der Waals surface area contributed by atoms with E-state index in [-0.39, 0.29) is 5.54 Å². The van der Waals surface area contributed by atoms with Crippen LogP contribution < -0.4 is 5.32 Å². The van der Waals surface area contributed by atoms with Gasteiger partial charge in [-0.1, -0.05) is 26.2 Å². The summed E-state index contributed by atoms with van der Waals surface area (Å²) >= 11 is 12.0. The molecule has 0 spiro atoms. The van der Waals surface area contributed by atoms with Gasteiger partial charge in [-0.25, -0.2) is 0 Å². The predicted octanol–water partition coefficient (Wildman–Crippen LogP) is 3.78. The molecule has 1 N–H and O–H groups in total. The van der Waals surface area contributed by atoms with Crippen LogP contribution in [-0.2, 0) is 0 Å². The molecule has 0 heterocycles. The summed E-state index contributed by atoms with van der Waals surface area (Å²) in [5.74, 6) is 2.07. The normalized spacial score (nSPS) is 19.4. The molecule has 1 fully saturated rings. The van der Waals surface area contributed by atoms with Gasteiger partial charge in [-0.2, -0.15) is 0 Å². The first kappa shape index (κ1) is 13.6. The molecule has 0 radical (unpaired) electrons. The minimum Gasteiger partial charge on any atom is -0.309 e. The molecular weight excluding hydrogens is 229 g/mol. The van der Waals surface area contributed by atoms with Gasteiger partial charge in [0.05, 0.1) is 0 Å². The van der Waals surface area contributed by atoms with Crippen LogP contribution in [0, 0.1) is 5.92 Å². The molecule has 90 valence electrons. The van der Waals surface area contributed by atoms with E-state index in [9.17, 15) is 0 Å². The fraction of sp³-hybridized carbons (Fsp3) is 1.00. The lowest BCUT2D eigenvalue weighted by molar-refractivity contribution is 0.293. The van der Waals surface area contributed by atoms with Crippen LogP contribution in [0.4, 0.5) is 0 Å². The van der Waals surface area contributed by atoms with Gasteiger partial charge in [0, 0.05) is 17.3 Å². The summed E-state index contributed by atoms with van der Waals surface area (Å²) in [6.45, 7) is 3.24. The summed E-state index contributed by atoms with van der Waals surface area (Å²) in [7, 11) is 0. The van der Waals surface area contributed by atoms with E-state index >= 15 is 0 Å². The second-order valence-corrected chi connectivity index (χ2v) is 5.32. The fourth-order valence-corrected chi connectivity index (χ4v) is 3.05. The van der Waals surface area contributed by atoms with Crippen molar-refractivity contribution in [1.82, 2.24) is 5.32 Å². The zero-order valence-electron chi connectivity index (χ0n) is 9.70. The maximum Gasteiger partial charge on any atom is 0.0451 e. The molecule has 0 aromatic carbocycles. The minimum absolute atomic E-state index is 0.0411. The van der Waals surface area contributed by atoms with Crippen molar-refractivity contribution in [3.63, 3.8) is 0 Å². The summed E-state index contributed by atoms with van der Waals surface area (Å²) in [5, 5.41) is 3.59. The molecule has 0 aliphatic heterocycles. The highest BCUT2D eigenvalue weighted by Crippen LogP contribution is 2.24.